The van der Waals surface area contributed by atoms with Crippen molar-refractivity contribution in [3.05, 3.63) is 53.6 Å². The van der Waals surface area contributed by atoms with E-state index in [9.17, 15) is 22.8 Å². The van der Waals surface area contributed by atoms with Gasteiger partial charge in [0.1, 0.15) is 24.2 Å². The van der Waals surface area contributed by atoms with Crippen LogP contribution in [0.4, 0.5) is 18.0 Å². The highest BCUT2D eigenvalue weighted by atomic mass is 19.4. The van der Waals surface area contributed by atoms with E-state index in [1.807, 2.05) is 0 Å². The second kappa shape index (κ2) is 8.98. The van der Waals surface area contributed by atoms with Crippen LogP contribution in [-0.4, -0.2) is 31.1 Å². The zero-order valence-corrected chi connectivity index (χ0v) is 16.3. The Bertz CT molecular complexity index is 856. The largest absolute Gasteiger partial charge is 0.492 e. The van der Waals surface area contributed by atoms with Crippen molar-refractivity contribution in [2.75, 3.05) is 13.2 Å². The van der Waals surface area contributed by atoms with E-state index in [1.165, 1.54) is 18.2 Å². The van der Waals surface area contributed by atoms with E-state index in [0.717, 1.165) is 12.1 Å². The number of alkyl halides is 3. The van der Waals surface area contributed by atoms with E-state index >= 15 is 0 Å². The molecule has 0 aliphatic rings. The van der Waals surface area contributed by atoms with Crippen molar-refractivity contribution in [3.8, 4) is 16.9 Å². The minimum Gasteiger partial charge on any atom is -0.492 e. The molecular weight excluding hydrogens is 387 g/mol. The van der Waals surface area contributed by atoms with Crippen LogP contribution in [0, 0.1) is 0 Å². The van der Waals surface area contributed by atoms with Gasteiger partial charge in [0.15, 0.2) is 0 Å². The molecule has 2 rings (SSSR count). The first-order valence-corrected chi connectivity index (χ1v) is 8.85. The lowest BCUT2D eigenvalue weighted by Crippen LogP contribution is -2.34. The molecule has 2 aromatic carbocycles. The van der Waals surface area contributed by atoms with Gasteiger partial charge in [-0.15, -0.1) is 0 Å². The summed E-state index contributed by atoms with van der Waals surface area (Å²) in [5, 5.41) is 2.54. The van der Waals surface area contributed by atoms with Crippen LogP contribution in [0.25, 0.3) is 11.1 Å². The molecule has 0 heterocycles. The third-order valence-corrected chi connectivity index (χ3v) is 3.65. The first kappa shape index (κ1) is 22.3. The molecule has 0 saturated carbocycles. The van der Waals surface area contributed by atoms with E-state index in [2.05, 4.69) is 5.32 Å². The molecule has 2 aromatic rings. The highest BCUT2D eigenvalue weighted by Gasteiger charge is 2.30. The molecule has 29 heavy (non-hydrogen) atoms. The normalized spacial score (nSPS) is 11.7. The van der Waals surface area contributed by atoms with Crippen molar-refractivity contribution < 1.29 is 32.2 Å². The number of benzene rings is 2. The summed E-state index contributed by atoms with van der Waals surface area (Å²) >= 11 is 0. The van der Waals surface area contributed by atoms with Crippen LogP contribution >= 0.6 is 0 Å². The quantitative estimate of drug-likeness (QED) is 0.533. The Morgan fingerprint density at radius 3 is 2.24 bits per heavy atom. The average molecular weight is 409 g/mol. The molecule has 5 nitrogen and oxygen atoms in total. The Kier molecular flexibility index (Phi) is 6.89. The Hall–Kier alpha value is -3.03. The van der Waals surface area contributed by atoms with Crippen LogP contribution in [-0.2, 0) is 10.9 Å². The lowest BCUT2D eigenvalue weighted by Gasteiger charge is -2.19. The minimum absolute atomic E-state index is 0.119. The van der Waals surface area contributed by atoms with Gasteiger partial charge in [-0.2, -0.15) is 13.2 Å². The first-order chi connectivity index (χ1) is 13.5. The molecule has 0 fully saturated rings. The molecule has 8 heteroatoms. The molecule has 0 unspecified atom stereocenters. The summed E-state index contributed by atoms with van der Waals surface area (Å²) in [6.07, 6.45) is -4.37. The maximum absolute atomic E-state index is 12.7. The Labute approximate surface area is 166 Å². The number of halogens is 3. The molecule has 0 atom stereocenters. The maximum atomic E-state index is 12.7. The van der Waals surface area contributed by atoms with Crippen LogP contribution < -0.4 is 10.1 Å². The van der Waals surface area contributed by atoms with Crippen LogP contribution in [0.1, 0.15) is 36.7 Å². The van der Waals surface area contributed by atoms with Crippen molar-refractivity contribution in [3.63, 3.8) is 0 Å². The zero-order valence-electron chi connectivity index (χ0n) is 16.3. The number of ether oxygens (including phenoxy) is 2. The predicted molar refractivity (Wildman–Crippen MR) is 102 cm³/mol. The fourth-order valence-corrected chi connectivity index (χ4v) is 2.43. The smallest absolute Gasteiger partial charge is 0.416 e. The summed E-state index contributed by atoms with van der Waals surface area (Å²) in [5.41, 5.74) is 0.00613. The number of amides is 1. The lowest BCUT2D eigenvalue weighted by atomic mass is 10.0. The lowest BCUT2D eigenvalue weighted by molar-refractivity contribution is -0.137. The Balaban J connectivity index is 2.05. The molecule has 0 aromatic heterocycles. The molecular formula is C21H22F3NO4. The molecule has 156 valence electrons. The van der Waals surface area contributed by atoms with Crippen molar-refractivity contribution in [1.29, 1.82) is 0 Å². The van der Waals surface area contributed by atoms with Crippen LogP contribution in [0.3, 0.4) is 0 Å². The van der Waals surface area contributed by atoms with Crippen molar-refractivity contribution in [1.82, 2.24) is 5.32 Å². The molecule has 0 bridgehead atoms. The molecule has 0 saturated heterocycles. The van der Waals surface area contributed by atoms with Crippen molar-refractivity contribution >= 4 is 12.4 Å². The number of alkyl carbamates (subject to hydrolysis) is 1. The molecule has 0 aliphatic heterocycles. The highest BCUT2D eigenvalue weighted by Crippen LogP contribution is 2.32. The van der Waals surface area contributed by atoms with Gasteiger partial charge in [0, 0.05) is 5.56 Å². The molecule has 1 amide bonds. The minimum atomic E-state index is -4.42. The summed E-state index contributed by atoms with van der Waals surface area (Å²) < 4.78 is 48.8. The fraction of sp³-hybridized carbons (Fsp3) is 0.333. The van der Waals surface area contributed by atoms with E-state index < -0.39 is 23.4 Å². The van der Waals surface area contributed by atoms with E-state index in [0.29, 0.717) is 28.7 Å². The number of carbonyl (C=O) groups is 2. The maximum Gasteiger partial charge on any atom is 0.416 e. The summed E-state index contributed by atoms with van der Waals surface area (Å²) in [7, 11) is 0. The second-order valence-electron chi connectivity index (χ2n) is 7.26. The third kappa shape index (κ3) is 7.14. The number of carbonyl (C=O) groups excluding carboxylic acids is 2. The van der Waals surface area contributed by atoms with Gasteiger partial charge < -0.3 is 14.8 Å². The zero-order chi connectivity index (χ0) is 21.7. The van der Waals surface area contributed by atoms with Crippen LogP contribution in [0.2, 0.25) is 0 Å². The predicted octanol–water partition coefficient (Wildman–Crippen LogP) is 5.09. The topological polar surface area (TPSA) is 64.6 Å². The number of rotatable bonds is 6. The summed E-state index contributed by atoms with van der Waals surface area (Å²) in [6.45, 7) is 5.54. The van der Waals surface area contributed by atoms with Gasteiger partial charge in [-0.1, -0.05) is 12.1 Å². The van der Waals surface area contributed by atoms with Gasteiger partial charge in [0.05, 0.1) is 12.1 Å². The number of nitrogens with one attached hydrogen (secondary N) is 1. The standard InChI is InChI=1S/C21H22F3NO4/c1-20(2,3)29-19(27)25-8-9-28-18-11-14(13-26)10-16(12-18)15-4-6-17(7-5-15)21(22,23)24/h4-7,10-13H,8-9H2,1-3H3,(H,25,27). The van der Waals surface area contributed by atoms with Gasteiger partial charge in [-0.05, 0) is 62.2 Å². The Morgan fingerprint density at radius 1 is 1.03 bits per heavy atom. The number of hydrogen-bond acceptors (Lipinski definition) is 4. The number of hydrogen-bond donors (Lipinski definition) is 1. The van der Waals surface area contributed by atoms with E-state index in [4.69, 9.17) is 9.47 Å². The fourth-order valence-electron chi connectivity index (χ4n) is 2.43. The van der Waals surface area contributed by atoms with Crippen LogP contribution in [0.15, 0.2) is 42.5 Å². The average Bonchev–Trinajstić information content (AvgIpc) is 2.63. The van der Waals surface area contributed by atoms with E-state index in [-0.39, 0.29) is 13.2 Å². The Morgan fingerprint density at radius 2 is 1.69 bits per heavy atom. The SMILES string of the molecule is CC(C)(C)OC(=O)NCCOc1cc(C=O)cc(-c2ccc(C(F)(F)F)cc2)c1. The van der Waals surface area contributed by atoms with E-state index in [1.54, 1.807) is 32.9 Å². The first-order valence-electron chi connectivity index (χ1n) is 8.85. The molecule has 1 N–H and O–H groups in total. The van der Waals surface area contributed by atoms with Gasteiger partial charge in [0.2, 0.25) is 0 Å². The van der Waals surface area contributed by atoms with Crippen LogP contribution in [0.5, 0.6) is 5.75 Å². The highest BCUT2D eigenvalue weighted by molar-refractivity contribution is 5.80. The van der Waals surface area contributed by atoms with Gasteiger partial charge in [0.25, 0.3) is 0 Å². The summed E-state index contributed by atoms with van der Waals surface area (Å²) in [6, 6.07) is 9.31. The number of aldehydes is 1. The van der Waals surface area contributed by atoms with Gasteiger partial charge in [-0.25, -0.2) is 4.79 Å². The summed E-state index contributed by atoms with van der Waals surface area (Å²) in [4.78, 5) is 22.8. The summed E-state index contributed by atoms with van der Waals surface area (Å²) in [5.74, 6) is 0.357. The second-order valence-corrected chi connectivity index (χ2v) is 7.26. The van der Waals surface area contributed by atoms with Crippen molar-refractivity contribution in [2.45, 2.75) is 32.5 Å². The monoisotopic (exact) mass is 409 g/mol. The van der Waals surface area contributed by atoms with Gasteiger partial charge in [-0.3, -0.25) is 4.79 Å². The van der Waals surface area contributed by atoms with Gasteiger partial charge >= 0.3 is 12.3 Å². The molecule has 0 aliphatic carbocycles. The van der Waals surface area contributed by atoms with Crippen molar-refractivity contribution in [2.24, 2.45) is 0 Å². The third-order valence-electron chi connectivity index (χ3n) is 3.65. The molecule has 0 radical (unpaired) electrons. The molecule has 0 spiro atoms.